The van der Waals surface area contributed by atoms with Crippen molar-refractivity contribution in [2.75, 3.05) is 24.2 Å². The SMILES string of the molecule is O=C1CSc2ccc(C(=O)N3CC(C(=O)O)C(c4ccccc4)C3)cc2N1. The van der Waals surface area contributed by atoms with E-state index in [4.69, 9.17) is 0 Å². The maximum atomic E-state index is 13.0. The van der Waals surface area contributed by atoms with Gasteiger partial charge in [0.25, 0.3) is 5.91 Å². The van der Waals surface area contributed by atoms with Gasteiger partial charge in [-0.25, -0.2) is 0 Å². The maximum absolute atomic E-state index is 13.0. The zero-order valence-corrected chi connectivity index (χ0v) is 15.2. The van der Waals surface area contributed by atoms with Gasteiger partial charge in [-0.3, -0.25) is 14.4 Å². The molecule has 0 bridgehead atoms. The predicted octanol–water partition coefficient (Wildman–Crippen LogP) is 2.67. The number of rotatable bonds is 3. The molecule has 2 unspecified atom stereocenters. The van der Waals surface area contributed by atoms with E-state index in [0.29, 0.717) is 23.5 Å². The molecule has 2 aliphatic rings. The molecule has 0 aromatic heterocycles. The molecule has 27 heavy (non-hydrogen) atoms. The number of hydrogen-bond donors (Lipinski definition) is 2. The molecule has 6 nitrogen and oxygen atoms in total. The minimum atomic E-state index is -0.895. The van der Waals surface area contributed by atoms with Crippen LogP contribution >= 0.6 is 11.8 Å². The van der Waals surface area contributed by atoms with Crippen LogP contribution in [0.1, 0.15) is 21.8 Å². The third-order valence-corrected chi connectivity index (χ3v) is 6.08. The van der Waals surface area contributed by atoms with E-state index in [1.807, 2.05) is 36.4 Å². The summed E-state index contributed by atoms with van der Waals surface area (Å²) in [5, 5.41) is 12.4. The number of carbonyl (C=O) groups is 3. The highest BCUT2D eigenvalue weighted by Crippen LogP contribution is 2.35. The summed E-state index contributed by atoms with van der Waals surface area (Å²) in [4.78, 5) is 38.8. The Morgan fingerprint density at radius 1 is 1.11 bits per heavy atom. The van der Waals surface area contributed by atoms with Crippen molar-refractivity contribution in [3.8, 4) is 0 Å². The Morgan fingerprint density at radius 2 is 1.89 bits per heavy atom. The van der Waals surface area contributed by atoms with Gasteiger partial charge in [-0.2, -0.15) is 0 Å². The molecular formula is C20H18N2O4S. The first-order valence-electron chi connectivity index (χ1n) is 8.66. The van der Waals surface area contributed by atoms with Crippen LogP contribution in [0.2, 0.25) is 0 Å². The quantitative estimate of drug-likeness (QED) is 0.852. The summed E-state index contributed by atoms with van der Waals surface area (Å²) in [6.45, 7) is 0.532. The Hall–Kier alpha value is -2.80. The van der Waals surface area contributed by atoms with Crippen LogP contribution in [0.15, 0.2) is 53.4 Å². The van der Waals surface area contributed by atoms with Crippen LogP contribution in [-0.2, 0) is 9.59 Å². The highest BCUT2D eigenvalue weighted by molar-refractivity contribution is 8.00. The number of thioether (sulfide) groups is 1. The second-order valence-corrected chi connectivity index (χ2v) is 7.74. The first-order chi connectivity index (χ1) is 13.0. The smallest absolute Gasteiger partial charge is 0.308 e. The molecule has 2 amide bonds. The van der Waals surface area contributed by atoms with Crippen molar-refractivity contribution in [1.29, 1.82) is 0 Å². The number of anilines is 1. The number of aliphatic carboxylic acids is 1. The molecule has 7 heteroatoms. The van der Waals surface area contributed by atoms with Gasteiger partial charge in [0, 0.05) is 29.5 Å². The second-order valence-electron chi connectivity index (χ2n) is 6.72. The Kier molecular flexibility index (Phi) is 4.61. The van der Waals surface area contributed by atoms with Gasteiger partial charge in [0.1, 0.15) is 0 Å². The number of carboxylic acids is 1. The van der Waals surface area contributed by atoms with Crippen molar-refractivity contribution in [3.05, 3.63) is 59.7 Å². The summed E-state index contributed by atoms with van der Waals surface area (Å²) in [5.74, 6) is -1.70. The Bertz CT molecular complexity index is 915. The monoisotopic (exact) mass is 382 g/mol. The van der Waals surface area contributed by atoms with Crippen LogP contribution in [0.25, 0.3) is 0 Å². The number of likely N-dealkylation sites (tertiary alicyclic amines) is 1. The molecule has 0 aliphatic carbocycles. The third kappa shape index (κ3) is 3.42. The summed E-state index contributed by atoms with van der Waals surface area (Å²) < 4.78 is 0. The molecule has 0 spiro atoms. The molecule has 4 rings (SSSR count). The molecule has 1 saturated heterocycles. The molecule has 1 fully saturated rings. The number of nitrogens with one attached hydrogen (secondary N) is 1. The Balaban J connectivity index is 1.58. The fourth-order valence-electron chi connectivity index (χ4n) is 3.66. The van der Waals surface area contributed by atoms with Crippen molar-refractivity contribution >= 4 is 35.2 Å². The van der Waals surface area contributed by atoms with Gasteiger partial charge in [-0.15, -0.1) is 11.8 Å². The van der Waals surface area contributed by atoms with E-state index in [0.717, 1.165) is 10.5 Å². The lowest BCUT2D eigenvalue weighted by atomic mass is 9.89. The zero-order chi connectivity index (χ0) is 19.0. The zero-order valence-electron chi connectivity index (χ0n) is 14.4. The van der Waals surface area contributed by atoms with Crippen molar-refractivity contribution in [1.82, 2.24) is 4.90 Å². The summed E-state index contributed by atoms with van der Waals surface area (Å²) in [6.07, 6.45) is 0. The van der Waals surface area contributed by atoms with Crippen molar-refractivity contribution < 1.29 is 19.5 Å². The molecule has 2 N–H and O–H groups in total. The minimum Gasteiger partial charge on any atom is -0.481 e. The summed E-state index contributed by atoms with van der Waals surface area (Å²) in [7, 11) is 0. The fourth-order valence-corrected chi connectivity index (χ4v) is 4.45. The van der Waals surface area contributed by atoms with Gasteiger partial charge in [0.2, 0.25) is 5.91 Å². The standard InChI is InChI=1S/C20H18N2O4S/c23-18-11-27-17-7-6-13(8-16(17)21-18)19(24)22-9-14(15(10-22)20(25)26)12-4-2-1-3-5-12/h1-8,14-15H,9-11H2,(H,21,23)(H,25,26). The van der Waals surface area contributed by atoms with Gasteiger partial charge in [-0.05, 0) is 23.8 Å². The van der Waals surface area contributed by atoms with Gasteiger partial charge in [-0.1, -0.05) is 30.3 Å². The lowest BCUT2D eigenvalue weighted by Gasteiger charge is -2.20. The van der Waals surface area contributed by atoms with Crippen LogP contribution in [0, 0.1) is 5.92 Å². The number of nitrogens with zero attached hydrogens (tertiary/aromatic N) is 1. The van der Waals surface area contributed by atoms with E-state index >= 15 is 0 Å². The average Bonchev–Trinajstić information content (AvgIpc) is 3.13. The van der Waals surface area contributed by atoms with Crippen LogP contribution in [0.4, 0.5) is 5.69 Å². The molecular weight excluding hydrogens is 364 g/mol. The third-order valence-electron chi connectivity index (χ3n) is 5.01. The van der Waals surface area contributed by atoms with E-state index in [1.165, 1.54) is 11.8 Å². The van der Waals surface area contributed by atoms with Crippen molar-refractivity contribution in [2.24, 2.45) is 5.92 Å². The molecule has 2 aromatic rings. The van der Waals surface area contributed by atoms with Crippen LogP contribution in [-0.4, -0.2) is 46.6 Å². The number of hydrogen-bond acceptors (Lipinski definition) is 4. The summed E-state index contributed by atoms with van der Waals surface area (Å²) in [6, 6.07) is 14.7. The average molecular weight is 382 g/mol. The number of benzene rings is 2. The first kappa shape index (κ1) is 17.6. The van der Waals surface area contributed by atoms with Crippen LogP contribution in [0.3, 0.4) is 0 Å². The lowest BCUT2D eigenvalue weighted by Crippen LogP contribution is -2.30. The number of carbonyl (C=O) groups excluding carboxylic acids is 2. The molecule has 2 atom stereocenters. The highest BCUT2D eigenvalue weighted by atomic mass is 32.2. The molecule has 0 saturated carbocycles. The number of fused-ring (bicyclic) bond motifs is 1. The molecule has 138 valence electrons. The van der Waals surface area contributed by atoms with Crippen LogP contribution in [0.5, 0.6) is 0 Å². The van der Waals surface area contributed by atoms with E-state index in [9.17, 15) is 19.5 Å². The number of carboxylic acid groups (broad SMARTS) is 1. The highest BCUT2D eigenvalue weighted by Gasteiger charge is 2.40. The maximum Gasteiger partial charge on any atom is 0.308 e. The molecule has 2 heterocycles. The predicted molar refractivity (Wildman–Crippen MR) is 102 cm³/mol. The largest absolute Gasteiger partial charge is 0.481 e. The number of amides is 2. The Labute approximate surface area is 160 Å². The topological polar surface area (TPSA) is 86.7 Å². The van der Waals surface area contributed by atoms with Crippen molar-refractivity contribution in [2.45, 2.75) is 10.8 Å². The fraction of sp³-hybridized carbons (Fsp3) is 0.250. The minimum absolute atomic E-state index is 0.0895. The van der Waals surface area contributed by atoms with E-state index in [1.54, 1.807) is 17.0 Å². The van der Waals surface area contributed by atoms with E-state index in [-0.39, 0.29) is 24.3 Å². The van der Waals surface area contributed by atoms with Crippen LogP contribution < -0.4 is 5.32 Å². The molecule has 2 aliphatic heterocycles. The van der Waals surface area contributed by atoms with Gasteiger partial charge >= 0.3 is 5.97 Å². The summed E-state index contributed by atoms with van der Waals surface area (Å²) in [5.41, 5.74) is 2.01. The van der Waals surface area contributed by atoms with E-state index < -0.39 is 11.9 Å². The van der Waals surface area contributed by atoms with Gasteiger partial charge < -0.3 is 15.3 Å². The van der Waals surface area contributed by atoms with E-state index in [2.05, 4.69) is 5.32 Å². The first-order valence-corrected chi connectivity index (χ1v) is 9.65. The normalized spacial score (nSPS) is 21.5. The lowest BCUT2D eigenvalue weighted by molar-refractivity contribution is -0.141. The Morgan fingerprint density at radius 3 is 2.63 bits per heavy atom. The summed E-state index contributed by atoms with van der Waals surface area (Å²) >= 11 is 1.44. The molecule has 0 radical (unpaired) electrons. The second kappa shape index (κ2) is 7.08. The van der Waals surface area contributed by atoms with Gasteiger partial charge in [0.05, 0.1) is 17.4 Å². The van der Waals surface area contributed by atoms with Crippen molar-refractivity contribution in [3.63, 3.8) is 0 Å². The molecule has 2 aromatic carbocycles. The van der Waals surface area contributed by atoms with Gasteiger partial charge in [0.15, 0.2) is 0 Å².